The minimum Gasteiger partial charge on any atom is -0.384 e. The first-order valence-electron chi connectivity index (χ1n) is 5.92. The lowest BCUT2D eigenvalue weighted by atomic mass is 10.2. The molecule has 0 saturated carbocycles. The Morgan fingerprint density at radius 1 is 1.38 bits per heavy atom. The molecule has 0 aromatic heterocycles. The Morgan fingerprint density at radius 3 is 2.50 bits per heavy atom. The molecule has 5 heteroatoms. The minimum atomic E-state index is -0.859. The maximum atomic E-state index is 11.5. The molecule has 0 radical (unpaired) electrons. The predicted octanol–water partition coefficient (Wildman–Crippen LogP) is 0.265. The van der Waals surface area contributed by atoms with Gasteiger partial charge in [0.1, 0.15) is 6.10 Å². The molecule has 1 heterocycles. The van der Waals surface area contributed by atoms with Gasteiger partial charge in [-0.3, -0.25) is 9.69 Å². The number of nitrogens with zero attached hydrogens (tertiary/aromatic N) is 2. The molecule has 1 aliphatic heterocycles. The van der Waals surface area contributed by atoms with Gasteiger partial charge in [0, 0.05) is 38.5 Å². The van der Waals surface area contributed by atoms with Crippen molar-refractivity contribution in [3.8, 4) is 0 Å². The van der Waals surface area contributed by atoms with Crippen LogP contribution in [-0.4, -0.2) is 71.1 Å². The molecular formula is C11H22N2O2S. The quantitative estimate of drug-likeness (QED) is 0.707. The van der Waals surface area contributed by atoms with E-state index in [1.54, 1.807) is 4.90 Å². The molecule has 1 unspecified atom stereocenters. The Balaban J connectivity index is 2.20. The van der Waals surface area contributed by atoms with Gasteiger partial charge in [-0.1, -0.05) is 6.92 Å². The fourth-order valence-electron chi connectivity index (χ4n) is 1.79. The largest absolute Gasteiger partial charge is 0.384 e. The van der Waals surface area contributed by atoms with E-state index < -0.39 is 6.10 Å². The van der Waals surface area contributed by atoms with Crippen LogP contribution in [0, 0.1) is 0 Å². The highest BCUT2D eigenvalue weighted by atomic mass is 32.2. The molecule has 0 spiro atoms. The topological polar surface area (TPSA) is 43.8 Å². The molecule has 1 fully saturated rings. The molecule has 16 heavy (non-hydrogen) atoms. The molecule has 1 saturated heterocycles. The van der Waals surface area contributed by atoms with E-state index >= 15 is 0 Å². The van der Waals surface area contributed by atoms with Crippen LogP contribution < -0.4 is 0 Å². The number of hydrogen-bond acceptors (Lipinski definition) is 4. The number of hydrogen-bond donors (Lipinski definition) is 1. The molecule has 1 aliphatic rings. The van der Waals surface area contributed by atoms with Gasteiger partial charge in [-0.25, -0.2) is 0 Å². The van der Waals surface area contributed by atoms with Crippen LogP contribution in [0.4, 0.5) is 0 Å². The van der Waals surface area contributed by atoms with Crippen LogP contribution in [0.3, 0.4) is 0 Å². The van der Waals surface area contributed by atoms with Crippen molar-refractivity contribution in [3.05, 3.63) is 0 Å². The average molecular weight is 246 g/mol. The number of carbonyl (C=O) groups excluding carboxylic acids is 1. The number of aliphatic hydroxyl groups excluding tert-OH is 1. The van der Waals surface area contributed by atoms with Crippen molar-refractivity contribution in [2.45, 2.75) is 20.0 Å². The summed E-state index contributed by atoms with van der Waals surface area (Å²) in [5, 5.41) is 9.20. The van der Waals surface area contributed by atoms with E-state index in [4.69, 9.17) is 0 Å². The number of carbonyl (C=O) groups is 1. The minimum absolute atomic E-state index is 0.136. The normalized spacial score (nSPS) is 19.8. The number of aliphatic hydroxyl groups is 1. The Labute approximate surface area is 102 Å². The van der Waals surface area contributed by atoms with Gasteiger partial charge in [-0.15, -0.1) is 0 Å². The molecule has 1 amide bonds. The summed E-state index contributed by atoms with van der Waals surface area (Å²) in [4.78, 5) is 15.7. The number of thioether (sulfide) groups is 1. The second-order valence-electron chi connectivity index (χ2n) is 4.04. The van der Waals surface area contributed by atoms with Crippen LogP contribution >= 0.6 is 11.8 Å². The lowest BCUT2D eigenvalue weighted by Crippen LogP contribution is -2.51. The van der Waals surface area contributed by atoms with Gasteiger partial charge in [0.05, 0.1) is 0 Å². The van der Waals surface area contributed by atoms with E-state index in [1.165, 1.54) is 18.4 Å². The molecule has 0 aromatic rings. The standard InChI is InChI=1S/C11H22N2O2S/c1-3-16-9-8-12-4-6-13(7-5-12)11(15)10(2)14/h10,14H,3-9H2,1-2H3. The smallest absolute Gasteiger partial charge is 0.251 e. The summed E-state index contributed by atoms with van der Waals surface area (Å²) < 4.78 is 0. The molecule has 0 aliphatic carbocycles. The van der Waals surface area contributed by atoms with E-state index in [1.807, 2.05) is 11.8 Å². The van der Waals surface area contributed by atoms with Crippen LogP contribution in [-0.2, 0) is 4.79 Å². The first kappa shape index (κ1) is 13.8. The predicted molar refractivity (Wildman–Crippen MR) is 67.7 cm³/mol. The van der Waals surface area contributed by atoms with Crippen LogP contribution in [0.2, 0.25) is 0 Å². The molecular weight excluding hydrogens is 224 g/mol. The highest BCUT2D eigenvalue weighted by Gasteiger charge is 2.23. The van der Waals surface area contributed by atoms with Crippen molar-refractivity contribution in [1.82, 2.24) is 9.80 Å². The summed E-state index contributed by atoms with van der Waals surface area (Å²) in [5.41, 5.74) is 0. The van der Waals surface area contributed by atoms with Crippen LogP contribution in [0.25, 0.3) is 0 Å². The highest BCUT2D eigenvalue weighted by Crippen LogP contribution is 2.06. The van der Waals surface area contributed by atoms with Gasteiger partial charge in [0.2, 0.25) is 0 Å². The first-order chi connectivity index (χ1) is 7.65. The molecule has 1 rings (SSSR count). The highest BCUT2D eigenvalue weighted by molar-refractivity contribution is 7.99. The van der Waals surface area contributed by atoms with Crippen molar-refractivity contribution >= 4 is 17.7 Å². The second kappa shape index (κ2) is 7.14. The zero-order chi connectivity index (χ0) is 12.0. The van der Waals surface area contributed by atoms with E-state index in [0.29, 0.717) is 0 Å². The zero-order valence-corrected chi connectivity index (χ0v) is 11.0. The molecule has 4 nitrogen and oxygen atoms in total. The van der Waals surface area contributed by atoms with E-state index in [-0.39, 0.29) is 5.91 Å². The second-order valence-corrected chi connectivity index (χ2v) is 5.43. The van der Waals surface area contributed by atoms with E-state index in [2.05, 4.69) is 11.8 Å². The molecule has 1 N–H and O–H groups in total. The van der Waals surface area contributed by atoms with Gasteiger partial charge < -0.3 is 10.0 Å². The number of piperazine rings is 1. The maximum absolute atomic E-state index is 11.5. The third-order valence-electron chi connectivity index (χ3n) is 2.80. The van der Waals surface area contributed by atoms with E-state index in [0.717, 1.165) is 32.7 Å². The third kappa shape index (κ3) is 4.31. The van der Waals surface area contributed by atoms with Gasteiger partial charge in [0.15, 0.2) is 0 Å². The number of amides is 1. The third-order valence-corrected chi connectivity index (χ3v) is 3.68. The van der Waals surface area contributed by atoms with Crippen LogP contribution in [0.15, 0.2) is 0 Å². The maximum Gasteiger partial charge on any atom is 0.251 e. The lowest BCUT2D eigenvalue weighted by molar-refractivity contribution is -0.141. The zero-order valence-electron chi connectivity index (χ0n) is 10.2. The lowest BCUT2D eigenvalue weighted by Gasteiger charge is -2.35. The summed E-state index contributed by atoms with van der Waals surface area (Å²) in [6.07, 6.45) is -0.859. The van der Waals surface area contributed by atoms with Crippen molar-refractivity contribution < 1.29 is 9.90 Å². The van der Waals surface area contributed by atoms with Gasteiger partial charge in [0.25, 0.3) is 5.91 Å². The molecule has 0 bridgehead atoms. The van der Waals surface area contributed by atoms with Gasteiger partial charge >= 0.3 is 0 Å². The van der Waals surface area contributed by atoms with E-state index in [9.17, 15) is 9.90 Å². The van der Waals surface area contributed by atoms with Gasteiger partial charge in [-0.2, -0.15) is 11.8 Å². The monoisotopic (exact) mass is 246 g/mol. The van der Waals surface area contributed by atoms with Crippen LogP contribution in [0.1, 0.15) is 13.8 Å². The Kier molecular flexibility index (Phi) is 6.16. The van der Waals surface area contributed by atoms with Gasteiger partial charge in [-0.05, 0) is 12.7 Å². The summed E-state index contributed by atoms with van der Waals surface area (Å²) in [6.45, 7) is 8.18. The van der Waals surface area contributed by atoms with Crippen molar-refractivity contribution in [2.24, 2.45) is 0 Å². The van der Waals surface area contributed by atoms with Crippen molar-refractivity contribution in [3.63, 3.8) is 0 Å². The fraction of sp³-hybridized carbons (Fsp3) is 0.909. The SMILES string of the molecule is CCSCCN1CCN(C(=O)C(C)O)CC1. The summed E-state index contributed by atoms with van der Waals surface area (Å²) in [6, 6.07) is 0. The fourth-order valence-corrected chi connectivity index (χ4v) is 2.47. The van der Waals surface area contributed by atoms with Crippen molar-refractivity contribution in [1.29, 1.82) is 0 Å². The first-order valence-corrected chi connectivity index (χ1v) is 7.07. The summed E-state index contributed by atoms with van der Waals surface area (Å²) >= 11 is 1.95. The Hall–Kier alpha value is -0.260. The Morgan fingerprint density at radius 2 is 2.00 bits per heavy atom. The number of rotatable bonds is 5. The molecule has 1 atom stereocenters. The average Bonchev–Trinajstić information content (AvgIpc) is 2.29. The van der Waals surface area contributed by atoms with Crippen molar-refractivity contribution in [2.75, 3.05) is 44.2 Å². The summed E-state index contributed by atoms with van der Waals surface area (Å²) in [7, 11) is 0. The Bertz CT molecular complexity index is 216. The van der Waals surface area contributed by atoms with Crippen LogP contribution in [0.5, 0.6) is 0 Å². The molecule has 0 aromatic carbocycles. The summed E-state index contributed by atoms with van der Waals surface area (Å²) in [5.74, 6) is 2.20. The molecule has 94 valence electrons.